The first-order valence-electron chi connectivity index (χ1n) is 10.3. The summed E-state index contributed by atoms with van der Waals surface area (Å²) in [5, 5.41) is 0. The quantitative estimate of drug-likeness (QED) is 0.355. The average Bonchev–Trinajstić information content (AvgIpc) is 3.06. The molecule has 152 valence electrons. The van der Waals surface area contributed by atoms with Crippen LogP contribution < -0.4 is 0 Å². The summed E-state index contributed by atoms with van der Waals surface area (Å²) >= 11 is 0. The van der Waals surface area contributed by atoms with Crippen LogP contribution in [0.15, 0.2) is 48.7 Å². The molecule has 3 nitrogen and oxygen atoms in total. The minimum absolute atomic E-state index is 0.00200. The number of fused-ring (bicyclic) bond motifs is 1. The van der Waals surface area contributed by atoms with Crippen LogP contribution in [-0.4, -0.2) is 15.2 Å². The van der Waals surface area contributed by atoms with Gasteiger partial charge in [0.1, 0.15) is 5.65 Å². The molecule has 1 aromatic carbocycles. The van der Waals surface area contributed by atoms with Crippen molar-refractivity contribution >= 4 is 17.5 Å². The van der Waals surface area contributed by atoms with Gasteiger partial charge in [-0.2, -0.15) is 0 Å². The van der Waals surface area contributed by atoms with Gasteiger partial charge in [0.15, 0.2) is 5.78 Å². The minimum atomic E-state index is 0.00200. The molecule has 0 aliphatic heterocycles. The number of carbonyl (C=O) groups is 1. The van der Waals surface area contributed by atoms with Crippen molar-refractivity contribution in [1.82, 2.24) is 9.38 Å². The molecule has 3 aromatic rings. The van der Waals surface area contributed by atoms with Crippen molar-refractivity contribution in [3.8, 4) is 0 Å². The zero-order valence-corrected chi connectivity index (χ0v) is 19.0. The fourth-order valence-corrected chi connectivity index (χ4v) is 2.56. The van der Waals surface area contributed by atoms with Gasteiger partial charge in [0.2, 0.25) is 0 Å². The van der Waals surface area contributed by atoms with Crippen molar-refractivity contribution in [2.75, 3.05) is 0 Å². The Morgan fingerprint density at radius 1 is 0.893 bits per heavy atom. The van der Waals surface area contributed by atoms with E-state index >= 15 is 0 Å². The number of pyridine rings is 1. The number of nitrogens with zero attached hydrogens (tertiary/aromatic N) is 2. The van der Waals surface area contributed by atoms with Crippen molar-refractivity contribution in [3.63, 3.8) is 0 Å². The molecule has 0 radical (unpaired) electrons. The molecule has 3 rings (SSSR count). The molecule has 0 saturated carbocycles. The molecular formula is C25H36N2O. The summed E-state index contributed by atoms with van der Waals surface area (Å²) in [6, 6.07) is 11.7. The Labute approximate surface area is 171 Å². The highest BCUT2D eigenvalue weighted by molar-refractivity contribution is 6.08. The Morgan fingerprint density at radius 2 is 1.46 bits per heavy atom. The molecule has 0 saturated heterocycles. The number of carbonyl (C=O) groups excluding carboxylic acids is 1. The van der Waals surface area contributed by atoms with E-state index in [0.29, 0.717) is 5.56 Å². The van der Waals surface area contributed by atoms with Crippen molar-refractivity contribution in [3.05, 3.63) is 76.7 Å². The highest BCUT2D eigenvalue weighted by atomic mass is 16.1. The van der Waals surface area contributed by atoms with Gasteiger partial charge in [0.05, 0.1) is 5.69 Å². The van der Waals surface area contributed by atoms with E-state index in [4.69, 9.17) is 0 Å². The predicted molar refractivity (Wildman–Crippen MR) is 123 cm³/mol. The van der Waals surface area contributed by atoms with Gasteiger partial charge in [-0.15, -0.1) is 0 Å². The number of ketones is 1. The van der Waals surface area contributed by atoms with Crippen LogP contribution in [-0.2, 0) is 0 Å². The van der Waals surface area contributed by atoms with Gasteiger partial charge in [-0.25, -0.2) is 4.98 Å². The molecular weight excluding hydrogens is 344 g/mol. The molecule has 0 bridgehead atoms. The summed E-state index contributed by atoms with van der Waals surface area (Å²) in [4.78, 5) is 17.0. The summed E-state index contributed by atoms with van der Waals surface area (Å²) in [5.41, 5.74) is 5.59. The number of benzene rings is 1. The van der Waals surface area contributed by atoms with Crippen LogP contribution in [0.25, 0.3) is 11.7 Å². The van der Waals surface area contributed by atoms with E-state index in [0.717, 1.165) is 28.2 Å². The Morgan fingerprint density at radius 3 is 2.04 bits per heavy atom. The van der Waals surface area contributed by atoms with Crippen LogP contribution in [0.5, 0.6) is 0 Å². The largest absolute Gasteiger partial charge is 0.304 e. The summed E-state index contributed by atoms with van der Waals surface area (Å²) in [5.74, 6) is 0.00200. The number of rotatable bonds is 3. The lowest BCUT2D eigenvalue weighted by Gasteiger charge is -2.05. The fraction of sp³-hybridized carbons (Fsp3) is 0.360. The van der Waals surface area contributed by atoms with Crippen LogP contribution in [0, 0.1) is 20.8 Å². The lowest BCUT2D eigenvalue weighted by Crippen LogP contribution is -2.01. The second-order valence-electron chi connectivity index (χ2n) is 5.44. The van der Waals surface area contributed by atoms with E-state index in [9.17, 15) is 4.79 Å². The molecule has 2 aromatic heterocycles. The van der Waals surface area contributed by atoms with E-state index in [1.54, 1.807) is 6.08 Å². The number of aryl methyl sites for hydroxylation is 3. The van der Waals surface area contributed by atoms with Gasteiger partial charge in [-0.1, -0.05) is 78.0 Å². The van der Waals surface area contributed by atoms with Crippen LogP contribution >= 0.6 is 0 Å². The molecule has 0 amide bonds. The van der Waals surface area contributed by atoms with Gasteiger partial charge in [0.25, 0.3) is 0 Å². The van der Waals surface area contributed by atoms with Crippen molar-refractivity contribution in [2.45, 2.75) is 62.3 Å². The number of imidazole rings is 1. The highest BCUT2D eigenvalue weighted by Crippen LogP contribution is 2.19. The molecule has 0 aliphatic rings. The zero-order valence-electron chi connectivity index (χ0n) is 19.0. The maximum absolute atomic E-state index is 12.5. The Kier molecular flexibility index (Phi) is 12.2. The molecule has 0 atom stereocenters. The molecule has 0 unspecified atom stereocenters. The highest BCUT2D eigenvalue weighted by Gasteiger charge is 2.13. The Hall–Kier alpha value is -2.68. The molecule has 28 heavy (non-hydrogen) atoms. The fourth-order valence-electron chi connectivity index (χ4n) is 2.56. The second kappa shape index (κ2) is 13.5. The molecule has 3 heteroatoms. The standard InChI is InChI=1S/C19H18N2O.3C2H6/c1-13-17(11-12-21-15(3)14(2)20-19(13)21)18(22)10-9-16-7-5-4-6-8-16;3*1-2/h4-12H,1-3H3;3*1-2H3/b10-9+;;;. The first-order chi connectivity index (χ1) is 13.6. The third kappa shape index (κ3) is 6.19. The van der Waals surface area contributed by atoms with Gasteiger partial charge in [-0.3, -0.25) is 4.79 Å². The van der Waals surface area contributed by atoms with E-state index in [1.165, 1.54) is 0 Å². The zero-order chi connectivity index (χ0) is 21.7. The van der Waals surface area contributed by atoms with Crippen molar-refractivity contribution in [1.29, 1.82) is 0 Å². The monoisotopic (exact) mass is 380 g/mol. The van der Waals surface area contributed by atoms with Crippen LogP contribution in [0.3, 0.4) is 0 Å². The predicted octanol–water partition coefficient (Wildman–Crippen LogP) is 7.23. The summed E-state index contributed by atoms with van der Waals surface area (Å²) in [6.07, 6.45) is 5.38. The van der Waals surface area contributed by atoms with E-state index < -0.39 is 0 Å². The smallest absolute Gasteiger partial charge is 0.186 e. The van der Waals surface area contributed by atoms with Crippen LogP contribution in [0.1, 0.15) is 74.4 Å². The molecule has 2 heterocycles. The molecule has 0 fully saturated rings. The first-order valence-corrected chi connectivity index (χ1v) is 10.3. The minimum Gasteiger partial charge on any atom is -0.304 e. The van der Waals surface area contributed by atoms with Gasteiger partial charge in [0, 0.05) is 23.0 Å². The number of aromatic nitrogens is 2. The maximum atomic E-state index is 12.5. The third-order valence-corrected chi connectivity index (χ3v) is 4.01. The Balaban J connectivity index is 0.00000111. The van der Waals surface area contributed by atoms with Crippen LogP contribution in [0.2, 0.25) is 0 Å². The van der Waals surface area contributed by atoms with Gasteiger partial charge >= 0.3 is 0 Å². The summed E-state index contributed by atoms with van der Waals surface area (Å²) < 4.78 is 2.03. The normalized spacial score (nSPS) is 9.61. The summed E-state index contributed by atoms with van der Waals surface area (Å²) in [6.45, 7) is 18.0. The third-order valence-electron chi connectivity index (χ3n) is 4.01. The average molecular weight is 381 g/mol. The first kappa shape index (κ1) is 25.3. The molecule has 0 spiro atoms. The topological polar surface area (TPSA) is 34.4 Å². The van der Waals surface area contributed by atoms with E-state index in [-0.39, 0.29) is 5.78 Å². The number of hydrogen-bond acceptors (Lipinski definition) is 2. The molecule has 0 N–H and O–H groups in total. The van der Waals surface area contributed by atoms with Crippen LogP contribution in [0.4, 0.5) is 0 Å². The molecule has 0 aliphatic carbocycles. The summed E-state index contributed by atoms with van der Waals surface area (Å²) in [7, 11) is 0. The van der Waals surface area contributed by atoms with Crippen molar-refractivity contribution < 1.29 is 4.79 Å². The van der Waals surface area contributed by atoms with E-state index in [1.807, 2.05) is 115 Å². The SMILES string of the molecule is CC.CC.CC.Cc1nc2c(C)c(C(=O)/C=C/c3ccccc3)ccn2c1C. The number of allylic oxidation sites excluding steroid dienone is 1. The second-order valence-corrected chi connectivity index (χ2v) is 5.44. The van der Waals surface area contributed by atoms with Gasteiger partial charge < -0.3 is 4.40 Å². The Bertz CT molecular complexity index is 874. The van der Waals surface area contributed by atoms with Crippen molar-refractivity contribution in [2.24, 2.45) is 0 Å². The lowest BCUT2D eigenvalue weighted by atomic mass is 10.1. The van der Waals surface area contributed by atoms with Gasteiger partial charge in [-0.05, 0) is 38.5 Å². The lowest BCUT2D eigenvalue weighted by molar-refractivity contribution is 0.104. The van der Waals surface area contributed by atoms with E-state index in [2.05, 4.69) is 4.98 Å². The maximum Gasteiger partial charge on any atom is 0.186 e. The number of hydrogen-bond donors (Lipinski definition) is 0.